The zero-order chi connectivity index (χ0) is 15.5. The van der Waals surface area contributed by atoms with Gasteiger partial charge < -0.3 is 0 Å². The molecule has 21 heavy (non-hydrogen) atoms. The lowest BCUT2D eigenvalue weighted by Gasteiger charge is -2.33. The van der Waals surface area contributed by atoms with Crippen molar-refractivity contribution in [2.75, 3.05) is 11.8 Å². The molecule has 2 heteroatoms. The number of hydrogen-bond acceptors (Lipinski definition) is 0. The second kappa shape index (κ2) is 6.85. The zero-order valence-electron chi connectivity index (χ0n) is 12.9. The van der Waals surface area contributed by atoms with E-state index in [4.69, 9.17) is 23.2 Å². The van der Waals surface area contributed by atoms with Crippen molar-refractivity contribution in [3.63, 3.8) is 0 Å². The molecule has 0 aliphatic carbocycles. The molecule has 112 valence electrons. The first-order chi connectivity index (χ1) is 10.0. The Bertz CT molecular complexity index is 592. The SMILES string of the molecule is Cc1ccccc1C(CCl)(CCl)Cc1c(C)cccc1C. The van der Waals surface area contributed by atoms with Crippen LogP contribution in [0, 0.1) is 20.8 Å². The van der Waals surface area contributed by atoms with Crippen LogP contribution in [0.5, 0.6) is 0 Å². The number of hydrogen-bond donors (Lipinski definition) is 0. The summed E-state index contributed by atoms with van der Waals surface area (Å²) in [5.74, 6) is 1.05. The number of aryl methyl sites for hydroxylation is 3. The van der Waals surface area contributed by atoms with Crippen molar-refractivity contribution in [2.24, 2.45) is 0 Å². The highest BCUT2D eigenvalue weighted by atomic mass is 35.5. The molecule has 0 N–H and O–H groups in total. The van der Waals surface area contributed by atoms with Crippen LogP contribution < -0.4 is 0 Å². The highest BCUT2D eigenvalue weighted by Crippen LogP contribution is 2.35. The van der Waals surface area contributed by atoms with Crippen molar-refractivity contribution in [1.82, 2.24) is 0 Å². The Morgan fingerprint density at radius 1 is 0.762 bits per heavy atom. The van der Waals surface area contributed by atoms with Gasteiger partial charge in [0.05, 0.1) is 0 Å². The van der Waals surface area contributed by atoms with Crippen LogP contribution in [0.25, 0.3) is 0 Å². The van der Waals surface area contributed by atoms with Crippen molar-refractivity contribution >= 4 is 23.2 Å². The summed E-state index contributed by atoms with van der Waals surface area (Å²) in [5.41, 5.74) is 6.28. The molecule has 0 aliphatic heterocycles. The van der Waals surface area contributed by atoms with E-state index in [1.54, 1.807) is 0 Å². The van der Waals surface area contributed by atoms with Gasteiger partial charge in [-0.05, 0) is 55.0 Å². The van der Waals surface area contributed by atoms with E-state index in [0.717, 1.165) is 6.42 Å². The van der Waals surface area contributed by atoms with Gasteiger partial charge in [0, 0.05) is 17.2 Å². The molecule has 0 aromatic heterocycles. The Hall–Kier alpha value is -0.980. The van der Waals surface area contributed by atoms with Crippen molar-refractivity contribution < 1.29 is 0 Å². The summed E-state index contributed by atoms with van der Waals surface area (Å²) in [4.78, 5) is 0. The third kappa shape index (κ3) is 3.27. The van der Waals surface area contributed by atoms with Crippen LogP contribution >= 0.6 is 23.2 Å². The summed E-state index contributed by atoms with van der Waals surface area (Å²) < 4.78 is 0. The summed E-state index contributed by atoms with van der Waals surface area (Å²) >= 11 is 12.8. The lowest BCUT2D eigenvalue weighted by atomic mass is 9.75. The average Bonchev–Trinajstić information content (AvgIpc) is 2.49. The van der Waals surface area contributed by atoms with E-state index in [1.807, 2.05) is 0 Å². The van der Waals surface area contributed by atoms with Crippen molar-refractivity contribution in [2.45, 2.75) is 32.6 Å². The van der Waals surface area contributed by atoms with Crippen LogP contribution in [0.1, 0.15) is 27.8 Å². The lowest BCUT2D eigenvalue weighted by molar-refractivity contribution is 0.530. The lowest BCUT2D eigenvalue weighted by Crippen LogP contribution is -2.34. The molecular weight excluding hydrogens is 299 g/mol. The average molecular weight is 321 g/mol. The molecular formula is C19H22Cl2. The minimum Gasteiger partial charge on any atom is -0.126 e. The van der Waals surface area contributed by atoms with Gasteiger partial charge in [0.2, 0.25) is 0 Å². The molecule has 0 spiro atoms. The second-order valence-electron chi connectivity index (χ2n) is 5.91. The normalized spacial score (nSPS) is 11.7. The maximum Gasteiger partial charge on any atom is 0.0335 e. The first-order valence-corrected chi connectivity index (χ1v) is 8.34. The van der Waals surface area contributed by atoms with Crippen LogP contribution in [-0.4, -0.2) is 11.8 Å². The largest absolute Gasteiger partial charge is 0.126 e. The maximum atomic E-state index is 6.40. The smallest absolute Gasteiger partial charge is 0.0335 e. The molecule has 2 rings (SSSR count). The quantitative estimate of drug-likeness (QED) is 0.632. The van der Waals surface area contributed by atoms with Crippen LogP contribution in [0.15, 0.2) is 42.5 Å². The molecule has 2 aromatic carbocycles. The third-order valence-corrected chi connectivity index (χ3v) is 5.41. The maximum absolute atomic E-state index is 6.40. The van der Waals surface area contributed by atoms with Crippen LogP contribution in [0.2, 0.25) is 0 Å². The summed E-state index contributed by atoms with van der Waals surface area (Å²) in [7, 11) is 0. The Labute approximate surface area is 138 Å². The zero-order valence-corrected chi connectivity index (χ0v) is 14.4. The van der Waals surface area contributed by atoms with Gasteiger partial charge >= 0.3 is 0 Å². The molecule has 0 saturated heterocycles. The fourth-order valence-electron chi connectivity index (χ4n) is 3.00. The van der Waals surface area contributed by atoms with E-state index in [2.05, 4.69) is 63.2 Å². The number of alkyl halides is 2. The van der Waals surface area contributed by atoms with Crippen molar-refractivity contribution in [3.05, 3.63) is 70.3 Å². The van der Waals surface area contributed by atoms with Gasteiger partial charge in [-0.25, -0.2) is 0 Å². The standard InChI is InChI=1S/C19H22Cl2/c1-14-8-6-9-15(2)17(14)11-19(12-20,13-21)18-10-5-4-7-16(18)3/h4-10H,11-13H2,1-3H3. The summed E-state index contributed by atoms with van der Waals surface area (Å²) in [6, 6.07) is 14.8. The van der Waals surface area contributed by atoms with E-state index in [9.17, 15) is 0 Å². The Morgan fingerprint density at radius 3 is 1.81 bits per heavy atom. The minimum atomic E-state index is -0.217. The molecule has 0 unspecified atom stereocenters. The van der Waals surface area contributed by atoms with Gasteiger partial charge in [0.15, 0.2) is 0 Å². The Morgan fingerprint density at radius 2 is 1.29 bits per heavy atom. The van der Waals surface area contributed by atoms with Gasteiger partial charge in [-0.3, -0.25) is 0 Å². The molecule has 0 heterocycles. The van der Waals surface area contributed by atoms with Crippen molar-refractivity contribution in [3.8, 4) is 0 Å². The topological polar surface area (TPSA) is 0 Å². The molecule has 0 atom stereocenters. The van der Waals surface area contributed by atoms with Crippen molar-refractivity contribution in [1.29, 1.82) is 0 Å². The highest BCUT2D eigenvalue weighted by Gasteiger charge is 2.33. The van der Waals surface area contributed by atoms with E-state index in [1.165, 1.54) is 27.8 Å². The molecule has 0 bridgehead atoms. The van der Waals surface area contributed by atoms with Gasteiger partial charge in [-0.15, -0.1) is 23.2 Å². The van der Waals surface area contributed by atoms with Crippen LogP contribution in [-0.2, 0) is 11.8 Å². The summed E-state index contributed by atoms with van der Waals surface area (Å²) in [6.45, 7) is 6.45. The third-order valence-electron chi connectivity index (χ3n) is 4.39. The molecule has 2 aromatic rings. The fraction of sp³-hybridized carbons (Fsp3) is 0.368. The highest BCUT2D eigenvalue weighted by molar-refractivity contribution is 6.22. The summed E-state index contributed by atoms with van der Waals surface area (Å²) in [5, 5.41) is 0. The molecule has 0 aliphatic rings. The van der Waals surface area contributed by atoms with Gasteiger partial charge in [0.1, 0.15) is 0 Å². The minimum absolute atomic E-state index is 0.217. The number of halogens is 2. The van der Waals surface area contributed by atoms with E-state index in [0.29, 0.717) is 11.8 Å². The van der Waals surface area contributed by atoms with E-state index < -0.39 is 0 Å². The molecule has 0 amide bonds. The van der Waals surface area contributed by atoms with Gasteiger partial charge in [-0.2, -0.15) is 0 Å². The molecule has 0 radical (unpaired) electrons. The number of benzene rings is 2. The second-order valence-corrected chi connectivity index (χ2v) is 6.44. The fourth-order valence-corrected chi connectivity index (χ4v) is 3.77. The monoisotopic (exact) mass is 320 g/mol. The van der Waals surface area contributed by atoms with Crippen LogP contribution in [0.3, 0.4) is 0 Å². The van der Waals surface area contributed by atoms with Gasteiger partial charge in [0.25, 0.3) is 0 Å². The first kappa shape index (κ1) is 16.4. The van der Waals surface area contributed by atoms with E-state index in [-0.39, 0.29) is 5.41 Å². The molecule has 0 saturated carbocycles. The predicted octanol–water partition coefficient (Wildman–Crippen LogP) is 5.57. The van der Waals surface area contributed by atoms with Gasteiger partial charge in [-0.1, -0.05) is 42.5 Å². The predicted molar refractivity (Wildman–Crippen MR) is 93.9 cm³/mol. The molecule has 0 fully saturated rings. The van der Waals surface area contributed by atoms with Crippen LogP contribution in [0.4, 0.5) is 0 Å². The van der Waals surface area contributed by atoms with E-state index >= 15 is 0 Å². The Balaban J connectivity index is 2.51. The molecule has 0 nitrogen and oxygen atoms in total. The summed E-state index contributed by atoms with van der Waals surface area (Å²) in [6.07, 6.45) is 0.878. The first-order valence-electron chi connectivity index (χ1n) is 7.27. The Kier molecular flexibility index (Phi) is 5.35. The number of rotatable bonds is 5.